The Kier molecular flexibility index (Phi) is 5.67. The molecule has 0 aliphatic heterocycles. The molecule has 0 saturated carbocycles. The monoisotopic (exact) mass is 283 g/mol. The molecular weight excluding hydrogens is 262 g/mol. The van der Waals surface area contributed by atoms with E-state index in [9.17, 15) is 4.79 Å². The molecule has 0 saturated heterocycles. The van der Waals surface area contributed by atoms with E-state index in [1.54, 1.807) is 6.92 Å². The summed E-state index contributed by atoms with van der Waals surface area (Å²) in [4.78, 5) is 11.8. The molecule has 19 heavy (non-hydrogen) atoms. The lowest BCUT2D eigenvalue weighted by Crippen LogP contribution is -2.38. The molecule has 1 aromatic carbocycles. The van der Waals surface area contributed by atoms with E-state index in [1.165, 1.54) is 0 Å². The molecule has 0 aromatic heterocycles. The zero-order valence-electron chi connectivity index (χ0n) is 12.2. The number of hydrogen-bond acceptors (Lipinski definition) is 2. The molecule has 1 amide bonds. The van der Waals surface area contributed by atoms with Gasteiger partial charge in [-0.25, -0.2) is 0 Å². The van der Waals surface area contributed by atoms with Gasteiger partial charge in [0.05, 0.1) is 0 Å². The molecule has 1 aromatic rings. The van der Waals surface area contributed by atoms with E-state index in [0.29, 0.717) is 18.2 Å². The summed E-state index contributed by atoms with van der Waals surface area (Å²) >= 11 is 6.10. The number of rotatable bonds is 5. The van der Waals surface area contributed by atoms with Crippen LogP contribution in [0.25, 0.3) is 0 Å². The van der Waals surface area contributed by atoms with Crippen LogP contribution in [0, 0.1) is 19.8 Å². The maximum atomic E-state index is 11.8. The molecule has 0 aliphatic carbocycles. The Labute approximate surface area is 120 Å². The Morgan fingerprint density at radius 3 is 2.26 bits per heavy atom. The van der Waals surface area contributed by atoms with Crippen LogP contribution in [0.1, 0.15) is 31.9 Å². The van der Waals surface area contributed by atoms with Gasteiger partial charge in [0.2, 0.25) is 0 Å². The highest BCUT2D eigenvalue weighted by Gasteiger charge is 2.15. The van der Waals surface area contributed by atoms with Crippen molar-refractivity contribution in [2.75, 3.05) is 6.54 Å². The average Bonchev–Trinajstić information content (AvgIpc) is 2.32. The third-order valence-corrected chi connectivity index (χ3v) is 3.37. The van der Waals surface area contributed by atoms with Crippen molar-refractivity contribution in [1.82, 2.24) is 5.32 Å². The fourth-order valence-electron chi connectivity index (χ4n) is 1.68. The first-order chi connectivity index (χ1) is 8.81. The van der Waals surface area contributed by atoms with E-state index in [-0.39, 0.29) is 5.91 Å². The van der Waals surface area contributed by atoms with Gasteiger partial charge in [0, 0.05) is 11.6 Å². The maximum Gasteiger partial charge on any atom is 0.260 e. The summed E-state index contributed by atoms with van der Waals surface area (Å²) in [5.74, 6) is 1.00. The van der Waals surface area contributed by atoms with Gasteiger partial charge in [0.1, 0.15) is 5.75 Å². The third-order valence-electron chi connectivity index (χ3n) is 2.78. The number of amides is 1. The lowest BCUT2D eigenvalue weighted by Gasteiger charge is -2.17. The second-order valence-corrected chi connectivity index (χ2v) is 5.65. The summed E-state index contributed by atoms with van der Waals surface area (Å²) in [6.45, 7) is 10.4. The summed E-state index contributed by atoms with van der Waals surface area (Å²) in [5.41, 5.74) is 1.90. The van der Waals surface area contributed by atoms with Gasteiger partial charge in [0.15, 0.2) is 6.10 Å². The molecule has 0 bridgehead atoms. The number of carbonyl (C=O) groups is 1. The highest BCUT2D eigenvalue weighted by Crippen LogP contribution is 2.26. The minimum Gasteiger partial charge on any atom is -0.481 e. The molecule has 1 atom stereocenters. The van der Waals surface area contributed by atoms with Crippen molar-refractivity contribution in [3.05, 3.63) is 28.3 Å². The number of halogens is 1. The van der Waals surface area contributed by atoms with E-state index in [0.717, 1.165) is 16.1 Å². The number of nitrogens with one attached hydrogen (secondary N) is 1. The molecule has 1 rings (SSSR count). The van der Waals surface area contributed by atoms with E-state index in [4.69, 9.17) is 16.3 Å². The quantitative estimate of drug-likeness (QED) is 0.898. The lowest BCUT2D eigenvalue weighted by atomic mass is 10.1. The topological polar surface area (TPSA) is 38.3 Å². The molecule has 4 heteroatoms. The molecule has 1 N–H and O–H groups in total. The fraction of sp³-hybridized carbons (Fsp3) is 0.533. The largest absolute Gasteiger partial charge is 0.481 e. The van der Waals surface area contributed by atoms with Crippen molar-refractivity contribution < 1.29 is 9.53 Å². The number of aryl methyl sites for hydroxylation is 2. The Bertz CT molecular complexity index is 434. The van der Waals surface area contributed by atoms with Crippen molar-refractivity contribution in [1.29, 1.82) is 0 Å². The highest BCUT2D eigenvalue weighted by atomic mass is 35.5. The zero-order valence-corrected chi connectivity index (χ0v) is 13.0. The van der Waals surface area contributed by atoms with E-state index < -0.39 is 6.10 Å². The van der Waals surface area contributed by atoms with Gasteiger partial charge in [-0.05, 0) is 49.9 Å². The van der Waals surface area contributed by atoms with Crippen LogP contribution in [-0.2, 0) is 4.79 Å². The first-order valence-electron chi connectivity index (χ1n) is 6.52. The minimum absolute atomic E-state index is 0.0982. The molecule has 0 aliphatic rings. The molecular formula is C15H22ClNO2. The molecule has 0 radical (unpaired) electrons. The summed E-state index contributed by atoms with van der Waals surface area (Å²) in [6, 6.07) is 3.70. The van der Waals surface area contributed by atoms with Crippen LogP contribution < -0.4 is 10.1 Å². The van der Waals surface area contributed by atoms with Crippen molar-refractivity contribution in [2.45, 2.75) is 40.7 Å². The smallest absolute Gasteiger partial charge is 0.260 e. The Morgan fingerprint density at radius 1 is 1.26 bits per heavy atom. The molecule has 106 valence electrons. The standard InChI is InChI=1S/C15H22ClNO2/c1-9(2)8-17-15(18)12(5)19-13-6-10(3)14(16)11(4)7-13/h6-7,9,12H,8H2,1-5H3,(H,17,18)/t12-/m1/s1. The van der Waals surface area contributed by atoms with Crippen LogP contribution >= 0.6 is 11.6 Å². The normalized spacial score (nSPS) is 12.4. The lowest BCUT2D eigenvalue weighted by molar-refractivity contribution is -0.127. The third kappa shape index (κ3) is 4.75. The van der Waals surface area contributed by atoms with Gasteiger partial charge in [-0.2, -0.15) is 0 Å². The highest BCUT2D eigenvalue weighted by molar-refractivity contribution is 6.32. The van der Waals surface area contributed by atoms with Gasteiger partial charge in [0.25, 0.3) is 5.91 Å². The summed E-state index contributed by atoms with van der Waals surface area (Å²) in [5, 5.41) is 3.59. The molecule has 0 spiro atoms. The molecule has 0 heterocycles. The summed E-state index contributed by atoms with van der Waals surface area (Å²) in [7, 11) is 0. The van der Waals surface area contributed by atoms with Crippen molar-refractivity contribution in [3.63, 3.8) is 0 Å². The molecule has 3 nitrogen and oxygen atoms in total. The van der Waals surface area contributed by atoms with Crippen molar-refractivity contribution in [2.24, 2.45) is 5.92 Å². The van der Waals surface area contributed by atoms with Crippen LogP contribution in [0.2, 0.25) is 5.02 Å². The first kappa shape index (κ1) is 15.8. The molecule has 0 unspecified atom stereocenters. The predicted molar refractivity (Wildman–Crippen MR) is 78.9 cm³/mol. The molecule has 0 fully saturated rings. The SMILES string of the molecule is Cc1cc(O[C@H](C)C(=O)NCC(C)C)cc(C)c1Cl. The van der Waals surface area contributed by atoms with Crippen LogP contribution in [0.3, 0.4) is 0 Å². The Balaban J connectivity index is 2.66. The van der Waals surface area contributed by atoms with Crippen LogP contribution in [0.4, 0.5) is 0 Å². The summed E-state index contributed by atoms with van der Waals surface area (Å²) in [6.07, 6.45) is -0.515. The van der Waals surface area contributed by atoms with Gasteiger partial charge < -0.3 is 10.1 Å². The Morgan fingerprint density at radius 2 is 1.79 bits per heavy atom. The van der Waals surface area contributed by atoms with Gasteiger partial charge in [-0.3, -0.25) is 4.79 Å². The van der Waals surface area contributed by atoms with E-state index >= 15 is 0 Å². The summed E-state index contributed by atoms with van der Waals surface area (Å²) < 4.78 is 5.65. The van der Waals surface area contributed by atoms with E-state index in [2.05, 4.69) is 19.2 Å². The van der Waals surface area contributed by atoms with E-state index in [1.807, 2.05) is 26.0 Å². The van der Waals surface area contributed by atoms with Gasteiger partial charge in [-0.1, -0.05) is 25.4 Å². The minimum atomic E-state index is -0.515. The number of ether oxygens (including phenoxy) is 1. The number of benzene rings is 1. The van der Waals surface area contributed by atoms with Crippen LogP contribution in [0.5, 0.6) is 5.75 Å². The average molecular weight is 284 g/mol. The Hall–Kier alpha value is -1.22. The first-order valence-corrected chi connectivity index (χ1v) is 6.90. The van der Waals surface area contributed by atoms with Crippen LogP contribution in [0.15, 0.2) is 12.1 Å². The maximum absolute atomic E-state index is 11.8. The fourth-order valence-corrected chi connectivity index (χ4v) is 1.79. The number of hydrogen-bond donors (Lipinski definition) is 1. The van der Waals surface area contributed by atoms with Crippen LogP contribution in [-0.4, -0.2) is 18.6 Å². The second-order valence-electron chi connectivity index (χ2n) is 5.27. The van der Waals surface area contributed by atoms with Gasteiger partial charge in [-0.15, -0.1) is 0 Å². The zero-order chi connectivity index (χ0) is 14.6. The predicted octanol–water partition coefficient (Wildman–Crippen LogP) is 3.50. The second kappa shape index (κ2) is 6.80. The van der Waals surface area contributed by atoms with Crippen molar-refractivity contribution in [3.8, 4) is 5.75 Å². The van der Waals surface area contributed by atoms with Crippen molar-refractivity contribution >= 4 is 17.5 Å². The number of carbonyl (C=O) groups excluding carboxylic acids is 1. The van der Waals surface area contributed by atoms with Gasteiger partial charge >= 0.3 is 0 Å².